The van der Waals surface area contributed by atoms with Crippen LogP contribution in [0.1, 0.15) is 36.7 Å². The number of aliphatic hydroxyl groups excluding tert-OH is 1. The van der Waals surface area contributed by atoms with Crippen molar-refractivity contribution in [2.24, 2.45) is 0 Å². The number of aryl methyl sites for hydroxylation is 1. The predicted octanol–water partition coefficient (Wildman–Crippen LogP) is 3.06. The number of rotatable bonds is 7. The summed E-state index contributed by atoms with van der Waals surface area (Å²) in [7, 11) is 4.08. The monoisotopic (exact) mass is 446 g/mol. The lowest BCUT2D eigenvalue weighted by molar-refractivity contribution is 0.219. The lowest BCUT2D eigenvalue weighted by Crippen LogP contribution is -2.28. The number of nitrogens with zero attached hydrogens (tertiary/aromatic N) is 6. The molecule has 0 saturated carbocycles. The molecule has 172 valence electrons. The standard InChI is InChI=1S/C24H30N8O/c1-15-8-21(32(30-15)16(2)12-31(4)5)29-23-26-7-6-20(28-23)17-9-18(11-25)22-19(10-17)24(3,14-33)13-27-22/h6-10,16,27,33H,12-14H2,1-5H3,(H,26,28,29). The van der Waals surface area contributed by atoms with E-state index >= 15 is 0 Å². The zero-order valence-corrected chi connectivity index (χ0v) is 19.7. The Morgan fingerprint density at radius 1 is 1.36 bits per heavy atom. The van der Waals surface area contributed by atoms with Crippen molar-refractivity contribution in [3.05, 3.63) is 47.3 Å². The number of hydrogen-bond acceptors (Lipinski definition) is 8. The molecule has 0 bridgehead atoms. The van der Waals surface area contributed by atoms with Gasteiger partial charge in [-0.15, -0.1) is 0 Å². The number of nitrogens with one attached hydrogen (secondary N) is 2. The van der Waals surface area contributed by atoms with Gasteiger partial charge in [-0.25, -0.2) is 14.6 Å². The summed E-state index contributed by atoms with van der Waals surface area (Å²) in [5.41, 5.74) is 4.23. The number of aromatic nitrogens is 4. The molecule has 0 saturated heterocycles. The van der Waals surface area contributed by atoms with Gasteiger partial charge in [-0.2, -0.15) is 10.4 Å². The molecule has 1 aromatic carbocycles. The van der Waals surface area contributed by atoms with Crippen molar-refractivity contribution in [1.82, 2.24) is 24.6 Å². The highest BCUT2D eigenvalue weighted by Crippen LogP contribution is 2.41. The van der Waals surface area contributed by atoms with Gasteiger partial charge >= 0.3 is 0 Å². The third kappa shape index (κ3) is 4.40. The summed E-state index contributed by atoms with van der Waals surface area (Å²) in [6, 6.07) is 10.1. The molecule has 1 aliphatic heterocycles. The van der Waals surface area contributed by atoms with Gasteiger partial charge < -0.3 is 20.6 Å². The number of aliphatic hydroxyl groups is 1. The Hall–Kier alpha value is -3.48. The molecule has 2 aromatic heterocycles. The summed E-state index contributed by atoms with van der Waals surface area (Å²) >= 11 is 0. The van der Waals surface area contributed by atoms with Crippen LogP contribution < -0.4 is 10.6 Å². The lowest BCUT2D eigenvalue weighted by atomic mass is 9.83. The number of anilines is 3. The van der Waals surface area contributed by atoms with Crippen molar-refractivity contribution < 1.29 is 5.11 Å². The third-order valence-electron chi connectivity index (χ3n) is 6.01. The molecule has 0 fully saturated rings. The highest BCUT2D eigenvalue weighted by Gasteiger charge is 2.36. The lowest BCUT2D eigenvalue weighted by Gasteiger charge is -2.21. The Morgan fingerprint density at radius 3 is 2.85 bits per heavy atom. The highest BCUT2D eigenvalue weighted by atomic mass is 16.3. The number of nitriles is 1. The second-order valence-corrected chi connectivity index (χ2v) is 9.25. The Labute approximate surface area is 194 Å². The molecule has 0 spiro atoms. The van der Waals surface area contributed by atoms with Crippen LogP contribution in [0, 0.1) is 18.3 Å². The SMILES string of the molecule is Cc1cc(Nc2nccc(-c3cc(C#N)c4c(c3)C(C)(CO)CN4)n2)n(C(C)CN(C)C)n1. The van der Waals surface area contributed by atoms with E-state index in [0.717, 1.165) is 34.9 Å². The summed E-state index contributed by atoms with van der Waals surface area (Å²) < 4.78 is 1.95. The maximum absolute atomic E-state index is 9.96. The van der Waals surface area contributed by atoms with E-state index in [2.05, 4.69) is 38.6 Å². The van der Waals surface area contributed by atoms with Crippen molar-refractivity contribution >= 4 is 17.5 Å². The summed E-state index contributed by atoms with van der Waals surface area (Å²) in [4.78, 5) is 11.2. The zero-order chi connectivity index (χ0) is 23.8. The molecule has 2 unspecified atom stereocenters. The summed E-state index contributed by atoms with van der Waals surface area (Å²) in [5, 5.41) is 30.9. The first-order valence-corrected chi connectivity index (χ1v) is 11.0. The van der Waals surface area contributed by atoms with Gasteiger partial charge in [0.25, 0.3) is 0 Å². The minimum atomic E-state index is -0.447. The van der Waals surface area contributed by atoms with Gasteiger partial charge in [-0.05, 0) is 51.7 Å². The molecular formula is C24H30N8O. The van der Waals surface area contributed by atoms with Gasteiger partial charge in [0.2, 0.25) is 5.95 Å². The topological polar surface area (TPSA) is 115 Å². The average Bonchev–Trinajstić information content (AvgIpc) is 3.33. The minimum absolute atomic E-state index is 0.00756. The van der Waals surface area contributed by atoms with Gasteiger partial charge in [0.1, 0.15) is 11.9 Å². The summed E-state index contributed by atoms with van der Waals surface area (Å²) in [6.45, 7) is 7.49. The molecule has 33 heavy (non-hydrogen) atoms. The average molecular weight is 447 g/mol. The van der Waals surface area contributed by atoms with Crippen LogP contribution in [0.5, 0.6) is 0 Å². The van der Waals surface area contributed by atoms with E-state index in [1.165, 1.54) is 0 Å². The van der Waals surface area contributed by atoms with Crippen LogP contribution >= 0.6 is 0 Å². The van der Waals surface area contributed by atoms with Crippen molar-refractivity contribution in [2.45, 2.75) is 32.2 Å². The minimum Gasteiger partial charge on any atom is -0.395 e. The van der Waals surface area contributed by atoms with Crippen LogP contribution in [0.15, 0.2) is 30.5 Å². The van der Waals surface area contributed by atoms with E-state index in [9.17, 15) is 10.4 Å². The molecule has 0 radical (unpaired) electrons. The fraction of sp³-hybridized carbons (Fsp3) is 0.417. The molecule has 0 aliphatic carbocycles. The molecular weight excluding hydrogens is 416 g/mol. The Morgan fingerprint density at radius 2 is 2.15 bits per heavy atom. The van der Waals surface area contributed by atoms with Gasteiger partial charge in [-0.1, -0.05) is 6.92 Å². The Kier molecular flexibility index (Phi) is 6.06. The van der Waals surface area contributed by atoms with Gasteiger partial charge in [0.15, 0.2) is 0 Å². The van der Waals surface area contributed by atoms with Crippen LogP contribution in [0.3, 0.4) is 0 Å². The molecule has 3 heterocycles. The molecule has 4 rings (SSSR count). The summed E-state index contributed by atoms with van der Waals surface area (Å²) in [6.07, 6.45) is 1.70. The second-order valence-electron chi connectivity index (χ2n) is 9.25. The fourth-order valence-corrected chi connectivity index (χ4v) is 4.31. The van der Waals surface area contributed by atoms with Crippen LogP contribution in [0.25, 0.3) is 11.3 Å². The van der Waals surface area contributed by atoms with E-state index in [1.54, 1.807) is 6.20 Å². The normalized spacial score (nSPS) is 18.0. The smallest absolute Gasteiger partial charge is 0.228 e. The number of fused-ring (bicyclic) bond motifs is 1. The highest BCUT2D eigenvalue weighted by molar-refractivity contribution is 5.76. The first-order valence-electron chi connectivity index (χ1n) is 11.0. The van der Waals surface area contributed by atoms with Crippen LogP contribution in [0.4, 0.5) is 17.5 Å². The van der Waals surface area contributed by atoms with Crippen molar-refractivity contribution in [1.29, 1.82) is 5.26 Å². The molecule has 3 aromatic rings. The Bertz CT molecular complexity index is 1210. The number of benzene rings is 1. The van der Waals surface area contributed by atoms with E-state index in [4.69, 9.17) is 4.98 Å². The van der Waals surface area contributed by atoms with Crippen LogP contribution in [0.2, 0.25) is 0 Å². The van der Waals surface area contributed by atoms with E-state index in [-0.39, 0.29) is 12.6 Å². The zero-order valence-electron chi connectivity index (χ0n) is 19.7. The van der Waals surface area contributed by atoms with Crippen molar-refractivity contribution in [3.8, 4) is 17.3 Å². The molecule has 2 atom stereocenters. The first kappa shape index (κ1) is 22.7. The molecule has 1 aliphatic rings. The maximum atomic E-state index is 9.96. The quantitative estimate of drug-likeness (QED) is 0.507. The number of hydrogen-bond donors (Lipinski definition) is 3. The maximum Gasteiger partial charge on any atom is 0.228 e. The van der Waals surface area contributed by atoms with Gasteiger partial charge in [0.05, 0.1) is 35.3 Å². The Balaban J connectivity index is 1.69. The predicted molar refractivity (Wildman–Crippen MR) is 129 cm³/mol. The fourth-order valence-electron chi connectivity index (χ4n) is 4.31. The number of likely N-dealkylation sites (N-methyl/N-ethyl adjacent to an activating group) is 1. The molecule has 9 nitrogen and oxygen atoms in total. The first-order chi connectivity index (χ1) is 15.7. The molecule has 3 N–H and O–H groups in total. The van der Waals surface area contributed by atoms with Crippen molar-refractivity contribution in [2.75, 3.05) is 44.4 Å². The van der Waals surface area contributed by atoms with E-state index in [1.807, 2.05) is 56.9 Å². The van der Waals surface area contributed by atoms with Gasteiger partial charge in [-0.3, -0.25) is 0 Å². The van der Waals surface area contributed by atoms with Crippen LogP contribution in [-0.4, -0.2) is 63.5 Å². The van der Waals surface area contributed by atoms with Crippen LogP contribution in [-0.2, 0) is 5.41 Å². The molecule has 0 amide bonds. The largest absolute Gasteiger partial charge is 0.395 e. The summed E-state index contributed by atoms with van der Waals surface area (Å²) in [5.74, 6) is 1.27. The van der Waals surface area contributed by atoms with Gasteiger partial charge in [0, 0.05) is 36.3 Å². The molecule has 9 heteroatoms. The van der Waals surface area contributed by atoms with E-state index in [0.29, 0.717) is 23.8 Å². The van der Waals surface area contributed by atoms with Crippen molar-refractivity contribution in [3.63, 3.8) is 0 Å². The third-order valence-corrected chi connectivity index (χ3v) is 6.01. The van der Waals surface area contributed by atoms with E-state index < -0.39 is 5.41 Å². The second kappa shape index (κ2) is 8.81.